The van der Waals surface area contributed by atoms with Gasteiger partial charge in [-0.15, -0.1) is 10.2 Å². The van der Waals surface area contributed by atoms with Crippen LogP contribution >= 0.6 is 0 Å². The van der Waals surface area contributed by atoms with Crippen molar-refractivity contribution in [1.29, 1.82) is 0 Å². The molecule has 0 bridgehead atoms. The van der Waals surface area contributed by atoms with Gasteiger partial charge in [0.15, 0.2) is 0 Å². The fraction of sp³-hybridized carbons (Fsp3) is 0.227. The number of rotatable bonds is 4. The Kier molecular flexibility index (Phi) is 4.66. The summed E-state index contributed by atoms with van der Waals surface area (Å²) < 4.78 is 15.2. The van der Waals surface area contributed by atoms with Gasteiger partial charge in [-0.2, -0.15) is 0 Å². The normalized spacial score (nSPS) is 22.9. The first kappa shape index (κ1) is 19.8. The SMILES string of the molecule is C[C@]1(O)C[C@@](NC(=O)O)(c2ccc(-c3nnc(N)cc3-c3ccccc3)cc2F)C1. The molecule has 0 aliphatic heterocycles. The minimum atomic E-state index is -1.27. The summed E-state index contributed by atoms with van der Waals surface area (Å²) in [5.74, 6) is -0.342. The summed E-state index contributed by atoms with van der Waals surface area (Å²) in [5, 5.41) is 29.8. The Morgan fingerprint density at radius 3 is 2.40 bits per heavy atom. The lowest BCUT2D eigenvalue weighted by Crippen LogP contribution is -2.62. The van der Waals surface area contributed by atoms with Crippen LogP contribution in [0.2, 0.25) is 0 Å². The standard InChI is InChI=1S/C22H21FN4O3/c1-21(30)11-22(12-21,25-20(28)29)16-8-7-14(9-17(16)23)19-15(10-18(24)26-27-19)13-5-3-2-4-6-13/h2-10,25,30H,11-12H2,1H3,(H2,24,26)(H,28,29)/t21-,22-. The van der Waals surface area contributed by atoms with Crippen LogP contribution in [0.1, 0.15) is 25.3 Å². The van der Waals surface area contributed by atoms with Gasteiger partial charge in [-0.1, -0.05) is 42.5 Å². The molecule has 2 aromatic carbocycles. The zero-order valence-electron chi connectivity index (χ0n) is 16.3. The fourth-order valence-electron chi connectivity index (χ4n) is 4.31. The Labute approximate surface area is 172 Å². The molecule has 0 saturated heterocycles. The Morgan fingerprint density at radius 1 is 1.10 bits per heavy atom. The number of carbonyl (C=O) groups is 1. The zero-order chi connectivity index (χ0) is 21.5. The van der Waals surface area contributed by atoms with Crippen LogP contribution in [0.3, 0.4) is 0 Å². The van der Waals surface area contributed by atoms with Gasteiger partial charge in [-0.05, 0) is 24.6 Å². The topological polar surface area (TPSA) is 121 Å². The average Bonchev–Trinajstić information content (AvgIpc) is 2.66. The predicted octanol–water partition coefficient (Wildman–Crippen LogP) is 3.54. The molecule has 7 nitrogen and oxygen atoms in total. The van der Waals surface area contributed by atoms with E-state index < -0.39 is 23.1 Å². The van der Waals surface area contributed by atoms with Gasteiger partial charge in [-0.3, -0.25) is 0 Å². The molecule has 1 fully saturated rings. The number of anilines is 1. The van der Waals surface area contributed by atoms with Crippen LogP contribution in [0.15, 0.2) is 54.6 Å². The minimum Gasteiger partial charge on any atom is -0.465 e. The molecule has 0 atom stereocenters. The molecular formula is C22H21FN4O3. The van der Waals surface area contributed by atoms with Crippen LogP contribution in [0.25, 0.3) is 22.4 Å². The summed E-state index contributed by atoms with van der Waals surface area (Å²) in [7, 11) is 0. The number of nitrogens with two attached hydrogens (primary N) is 1. The highest BCUT2D eigenvalue weighted by molar-refractivity contribution is 5.81. The first-order valence-corrected chi connectivity index (χ1v) is 9.42. The minimum absolute atomic E-state index is 0.0828. The summed E-state index contributed by atoms with van der Waals surface area (Å²) in [6, 6.07) is 15.6. The number of aliphatic hydroxyl groups is 1. The Bertz CT molecular complexity index is 1110. The van der Waals surface area contributed by atoms with E-state index in [1.54, 1.807) is 19.1 Å². The molecule has 0 spiro atoms. The molecule has 1 amide bonds. The van der Waals surface area contributed by atoms with Gasteiger partial charge in [0.1, 0.15) is 17.3 Å². The maximum absolute atomic E-state index is 15.2. The third-order valence-electron chi connectivity index (χ3n) is 5.37. The van der Waals surface area contributed by atoms with E-state index in [-0.39, 0.29) is 24.2 Å². The van der Waals surface area contributed by atoms with Crippen LogP contribution in [0.5, 0.6) is 0 Å². The van der Waals surface area contributed by atoms with E-state index in [0.29, 0.717) is 16.8 Å². The summed E-state index contributed by atoms with van der Waals surface area (Å²) in [6.45, 7) is 1.59. The Hall–Kier alpha value is -3.52. The highest BCUT2D eigenvalue weighted by Gasteiger charge is 2.54. The van der Waals surface area contributed by atoms with E-state index in [1.165, 1.54) is 12.1 Å². The van der Waals surface area contributed by atoms with Crippen molar-refractivity contribution in [2.45, 2.75) is 30.9 Å². The van der Waals surface area contributed by atoms with Gasteiger partial charge in [0.05, 0.1) is 11.1 Å². The maximum Gasteiger partial charge on any atom is 0.405 e. The molecule has 1 aromatic heterocycles. The number of nitrogens with one attached hydrogen (secondary N) is 1. The van der Waals surface area contributed by atoms with Crippen molar-refractivity contribution in [3.05, 3.63) is 66.0 Å². The fourth-order valence-corrected chi connectivity index (χ4v) is 4.31. The largest absolute Gasteiger partial charge is 0.465 e. The summed E-state index contributed by atoms with van der Waals surface area (Å²) in [6.07, 6.45) is -1.11. The average molecular weight is 408 g/mol. The molecule has 3 aromatic rings. The summed E-state index contributed by atoms with van der Waals surface area (Å²) in [5.41, 5.74) is 6.28. The molecule has 0 unspecified atom stereocenters. The molecule has 8 heteroatoms. The molecule has 30 heavy (non-hydrogen) atoms. The van der Waals surface area contributed by atoms with Crippen LogP contribution in [0.4, 0.5) is 15.0 Å². The van der Waals surface area contributed by atoms with E-state index in [9.17, 15) is 15.0 Å². The Morgan fingerprint density at radius 2 is 1.80 bits per heavy atom. The van der Waals surface area contributed by atoms with Gasteiger partial charge in [0, 0.05) is 29.5 Å². The van der Waals surface area contributed by atoms with E-state index in [2.05, 4.69) is 15.5 Å². The van der Waals surface area contributed by atoms with Gasteiger partial charge < -0.3 is 21.3 Å². The van der Waals surface area contributed by atoms with Gasteiger partial charge >= 0.3 is 6.09 Å². The molecule has 1 aliphatic rings. The van der Waals surface area contributed by atoms with Gasteiger partial charge in [-0.25, -0.2) is 9.18 Å². The first-order chi connectivity index (χ1) is 14.2. The zero-order valence-corrected chi connectivity index (χ0v) is 16.3. The van der Waals surface area contributed by atoms with Crippen molar-refractivity contribution < 1.29 is 19.4 Å². The smallest absolute Gasteiger partial charge is 0.405 e. The number of carboxylic acid groups (broad SMARTS) is 1. The monoisotopic (exact) mass is 408 g/mol. The molecule has 1 saturated carbocycles. The molecule has 1 heterocycles. The van der Waals surface area contributed by atoms with Crippen molar-refractivity contribution in [2.24, 2.45) is 0 Å². The number of hydrogen-bond donors (Lipinski definition) is 4. The van der Waals surface area contributed by atoms with Gasteiger partial charge in [0.2, 0.25) is 0 Å². The highest BCUT2D eigenvalue weighted by Crippen LogP contribution is 2.49. The molecule has 5 N–H and O–H groups in total. The van der Waals surface area contributed by atoms with E-state index in [1.807, 2.05) is 30.3 Å². The van der Waals surface area contributed by atoms with Crippen molar-refractivity contribution >= 4 is 11.9 Å². The van der Waals surface area contributed by atoms with E-state index in [4.69, 9.17) is 5.73 Å². The molecular weight excluding hydrogens is 387 g/mol. The lowest BCUT2D eigenvalue weighted by molar-refractivity contribution is -0.0869. The number of halogens is 1. The van der Waals surface area contributed by atoms with Crippen molar-refractivity contribution in [3.63, 3.8) is 0 Å². The predicted molar refractivity (Wildman–Crippen MR) is 110 cm³/mol. The third kappa shape index (κ3) is 3.57. The highest BCUT2D eigenvalue weighted by atomic mass is 19.1. The molecule has 0 radical (unpaired) electrons. The number of hydrogen-bond acceptors (Lipinski definition) is 5. The second-order valence-electron chi connectivity index (χ2n) is 7.95. The van der Waals surface area contributed by atoms with Crippen LogP contribution in [-0.4, -0.2) is 32.1 Å². The van der Waals surface area contributed by atoms with Crippen LogP contribution < -0.4 is 11.1 Å². The quantitative estimate of drug-likeness (QED) is 0.524. The van der Waals surface area contributed by atoms with Gasteiger partial charge in [0.25, 0.3) is 0 Å². The first-order valence-electron chi connectivity index (χ1n) is 9.42. The lowest BCUT2D eigenvalue weighted by Gasteiger charge is -2.51. The summed E-state index contributed by atoms with van der Waals surface area (Å²) >= 11 is 0. The number of nitrogens with zero attached hydrogens (tertiary/aromatic N) is 2. The van der Waals surface area contributed by atoms with Crippen molar-refractivity contribution in [3.8, 4) is 22.4 Å². The Balaban J connectivity index is 1.77. The number of benzene rings is 2. The van der Waals surface area contributed by atoms with Crippen molar-refractivity contribution in [1.82, 2.24) is 15.5 Å². The number of amides is 1. The molecule has 154 valence electrons. The lowest BCUT2D eigenvalue weighted by atomic mass is 9.62. The van der Waals surface area contributed by atoms with E-state index in [0.717, 1.165) is 5.56 Å². The molecule has 1 aliphatic carbocycles. The number of nitrogen functional groups attached to an aromatic ring is 1. The second-order valence-corrected chi connectivity index (χ2v) is 7.95. The summed E-state index contributed by atoms with van der Waals surface area (Å²) in [4.78, 5) is 11.3. The number of aromatic nitrogens is 2. The molecule has 4 rings (SSSR count). The second kappa shape index (κ2) is 7.07. The van der Waals surface area contributed by atoms with Crippen LogP contribution in [-0.2, 0) is 5.54 Å². The van der Waals surface area contributed by atoms with E-state index >= 15 is 4.39 Å². The van der Waals surface area contributed by atoms with Crippen LogP contribution in [0, 0.1) is 5.82 Å². The van der Waals surface area contributed by atoms with Crippen molar-refractivity contribution in [2.75, 3.05) is 5.73 Å². The third-order valence-corrected chi connectivity index (χ3v) is 5.37. The maximum atomic E-state index is 15.2.